The summed E-state index contributed by atoms with van der Waals surface area (Å²) in [6.45, 7) is 0.428. The Bertz CT molecular complexity index is 611. The van der Waals surface area contributed by atoms with Crippen LogP contribution in [0, 0.1) is 6.92 Å². The van der Waals surface area contributed by atoms with E-state index in [0.717, 1.165) is 0 Å². The molecule has 0 aliphatic carbocycles. The number of aryl methyl sites for hydroxylation is 1. The molecule has 108 valence electrons. The predicted octanol–water partition coefficient (Wildman–Crippen LogP) is 2.13. The van der Waals surface area contributed by atoms with E-state index in [9.17, 15) is 17.6 Å². The van der Waals surface area contributed by atoms with Gasteiger partial charge in [-0.15, -0.1) is 5.10 Å². The van der Waals surface area contributed by atoms with Crippen LogP contribution in [0.3, 0.4) is 0 Å². The largest absolute Gasteiger partial charge is 0.399 e. The molecule has 0 aliphatic rings. The fraction of sp³-hybridized carbons (Fsp3) is 0.364. The van der Waals surface area contributed by atoms with Gasteiger partial charge in [0, 0.05) is 11.3 Å². The minimum atomic E-state index is -4.20. The second kappa shape index (κ2) is 5.06. The first-order valence-corrected chi connectivity index (χ1v) is 5.60. The molecule has 0 atom stereocenters. The molecule has 2 rings (SSSR count). The van der Waals surface area contributed by atoms with Crippen molar-refractivity contribution >= 4 is 5.69 Å². The molecule has 20 heavy (non-hydrogen) atoms. The van der Waals surface area contributed by atoms with Crippen LogP contribution in [0.15, 0.2) is 18.2 Å². The minimum absolute atomic E-state index is 0.0200. The van der Waals surface area contributed by atoms with Gasteiger partial charge in [-0.05, 0) is 41.1 Å². The van der Waals surface area contributed by atoms with E-state index < -0.39 is 18.9 Å². The molecule has 0 spiro atoms. The Hall–Kier alpha value is -2.19. The van der Waals surface area contributed by atoms with Crippen molar-refractivity contribution in [2.75, 3.05) is 5.73 Å². The lowest BCUT2D eigenvalue weighted by molar-refractivity contribution is -0.139. The van der Waals surface area contributed by atoms with Gasteiger partial charge in [0.1, 0.15) is 6.54 Å². The number of anilines is 1. The van der Waals surface area contributed by atoms with Crippen LogP contribution in [0.5, 0.6) is 0 Å². The fourth-order valence-corrected chi connectivity index (χ4v) is 1.60. The number of alkyl halides is 4. The number of halogens is 4. The van der Waals surface area contributed by atoms with Crippen molar-refractivity contribution in [3.05, 3.63) is 23.8 Å². The second-order valence-corrected chi connectivity index (χ2v) is 4.29. The van der Waals surface area contributed by atoms with Crippen molar-refractivity contribution in [3.63, 3.8) is 0 Å². The first kappa shape index (κ1) is 14.2. The molecular weight excluding hydrogens is 278 g/mol. The molecule has 2 N–H and O–H groups in total. The van der Waals surface area contributed by atoms with Crippen LogP contribution in [-0.2, 0) is 6.54 Å². The van der Waals surface area contributed by atoms with Gasteiger partial charge in [0.2, 0.25) is 0 Å². The van der Waals surface area contributed by atoms with Gasteiger partial charge in [-0.3, -0.25) is 0 Å². The summed E-state index contributed by atoms with van der Waals surface area (Å²) in [5.74, 6) is -4.22. The molecule has 0 fully saturated rings. The van der Waals surface area contributed by atoms with E-state index in [1.165, 1.54) is 6.07 Å². The van der Waals surface area contributed by atoms with Crippen molar-refractivity contribution in [1.29, 1.82) is 0 Å². The highest BCUT2D eigenvalue weighted by atomic mass is 19.3. The quantitative estimate of drug-likeness (QED) is 0.691. The highest BCUT2D eigenvalue weighted by Crippen LogP contribution is 2.27. The number of nitrogen functional groups attached to an aromatic ring is 1. The lowest BCUT2D eigenvalue weighted by Gasteiger charge is -2.15. The van der Waals surface area contributed by atoms with E-state index in [2.05, 4.69) is 15.5 Å². The van der Waals surface area contributed by atoms with E-state index in [4.69, 9.17) is 5.73 Å². The Kier molecular flexibility index (Phi) is 3.60. The first-order valence-electron chi connectivity index (χ1n) is 5.60. The zero-order valence-corrected chi connectivity index (χ0v) is 10.4. The van der Waals surface area contributed by atoms with Crippen molar-refractivity contribution in [1.82, 2.24) is 20.2 Å². The monoisotopic (exact) mass is 289 g/mol. The Morgan fingerprint density at radius 3 is 2.65 bits per heavy atom. The number of nitrogens with two attached hydrogens (primary N) is 1. The Labute approximate surface area is 111 Å². The lowest BCUT2D eigenvalue weighted by Crippen LogP contribution is -2.32. The van der Waals surface area contributed by atoms with Gasteiger partial charge in [0.05, 0.1) is 0 Å². The van der Waals surface area contributed by atoms with Crippen LogP contribution in [-0.4, -0.2) is 32.6 Å². The summed E-state index contributed by atoms with van der Waals surface area (Å²) in [6.07, 6.45) is -3.78. The molecular formula is C11H11F4N5. The Morgan fingerprint density at radius 1 is 1.35 bits per heavy atom. The van der Waals surface area contributed by atoms with E-state index in [1.54, 1.807) is 19.1 Å². The number of hydrogen-bond acceptors (Lipinski definition) is 4. The molecule has 0 aliphatic heterocycles. The lowest BCUT2D eigenvalue weighted by atomic mass is 10.1. The normalized spacial score (nSPS) is 12.1. The topological polar surface area (TPSA) is 69.6 Å². The second-order valence-electron chi connectivity index (χ2n) is 4.29. The van der Waals surface area contributed by atoms with Crippen molar-refractivity contribution in [2.24, 2.45) is 0 Å². The van der Waals surface area contributed by atoms with Crippen LogP contribution >= 0.6 is 0 Å². The zero-order valence-electron chi connectivity index (χ0n) is 10.4. The number of rotatable bonds is 4. The molecule has 1 heterocycles. The molecule has 0 unspecified atom stereocenters. The van der Waals surface area contributed by atoms with Gasteiger partial charge in [0.15, 0.2) is 5.82 Å². The van der Waals surface area contributed by atoms with Crippen LogP contribution < -0.4 is 5.73 Å². The predicted molar refractivity (Wildman–Crippen MR) is 63.4 cm³/mol. The van der Waals surface area contributed by atoms with Crippen LogP contribution in [0.25, 0.3) is 11.4 Å². The third-order valence-corrected chi connectivity index (χ3v) is 2.74. The Morgan fingerprint density at radius 2 is 2.05 bits per heavy atom. The van der Waals surface area contributed by atoms with Gasteiger partial charge in [0.25, 0.3) is 0 Å². The van der Waals surface area contributed by atoms with E-state index in [0.29, 0.717) is 21.5 Å². The minimum Gasteiger partial charge on any atom is -0.399 e. The molecule has 0 saturated heterocycles. The standard InChI is InChI=1S/C11H11F4N5/c1-6-4-7(2-3-8(6)16)9-17-18-19-20(9)5-11(14,15)10(12)13/h2-4,10H,5,16H2,1H3. The highest BCUT2D eigenvalue weighted by Gasteiger charge is 2.42. The summed E-state index contributed by atoms with van der Waals surface area (Å²) in [5, 5.41) is 10.2. The van der Waals surface area contributed by atoms with Gasteiger partial charge in [-0.1, -0.05) is 0 Å². The number of nitrogens with zero attached hydrogens (tertiary/aromatic N) is 4. The SMILES string of the molecule is Cc1cc(-c2nnnn2CC(F)(F)C(F)F)ccc1N. The molecule has 0 bridgehead atoms. The molecule has 0 amide bonds. The molecule has 2 aromatic rings. The van der Waals surface area contributed by atoms with Gasteiger partial charge in [-0.2, -0.15) is 8.78 Å². The Balaban J connectivity index is 2.35. The molecule has 5 nitrogen and oxygen atoms in total. The maximum Gasteiger partial charge on any atom is 0.326 e. The summed E-state index contributed by atoms with van der Waals surface area (Å²) < 4.78 is 51.2. The van der Waals surface area contributed by atoms with E-state index >= 15 is 0 Å². The van der Waals surface area contributed by atoms with Crippen LogP contribution in [0.1, 0.15) is 5.56 Å². The number of hydrogen-bond donors (Lipinski definition) is 1. The van der Waals surface area contributed by atoms with E-state index in [-0.39, 0.29) is 5.82 Å². The van der Waals surface area contributed by atoms with E-state index in [1.807, 2.05) is 0 Å². The third kappa shape index (κ3) is 2.70. The third-order valence-electron chi connectivity index (χ3n) is 2.74. The van der Waals surface area contributed by atoms with Crippen molar-refractivity contribution < 1.29 is 17.6 Å². The fourth-order valence-electron chi connectivity index (χ4n) is 1.60. The molecule has 0 radical (unpaired) electrons. The summed E-state index contributed by atoms with van der Waals surface area (Å²) >= 11 is 0. The average molecular weight is 289 g/mol. The highest BCUT2D eigenvalue weighted by molar-refractivity contribution is 5.61. The first-order chi connectivity index (χ1) is 9.31. The van der Waals surface area contributed by atoms with Gasteiger partial charge in [-0.25, -0.2) is 13.5 Å². The number of aromatic nitrogens is 4. The average Bonchev–Trinajstić information content (AvgIpc) is 2.80. The maximum absolute atomic E-state index is 13.1. The maximum atomic E-state index is 13.1. The molecule has 9 heteroatoms. The summed E-state index contributed by atoms with van der Waals surface area (Å²) in [7, 11) is 0. The number of tetrazole rings is 1. The van der Waals surface area contributed by atoms with Crippen molar-refractivity contribution in [3.8, 4) is 11.4 Å². The molecule has 0 saturated carbocycles. The molecule has 1 aromatic carbocycles. The summed E-state index contributed by atoms with van der Waals surface area (Å²) in [5.41, 5.74) is 7.29. The van der Waals surface area contributed by atoms with Crippen LogP contribution in [0.2, 0.25) is 0 Å². The number of benzene rings is 1. The van der Waals surface area contributed by atoms with Crippen molar-refractivity contribution in [2.45, 2.75) is 25.8 Å². The van der Waals surface area contributed by atoms with Gasteiger partial charge < -0.3 is 5.73 Å². The summed E-state index contributed by atoms with van der Waals surface area (Å²) in [6, 6.07) is 4.69. The smallest absolute Gasteiger partial charge is 0.326 e. The van der Waals surface area contributed by atoms with Gasteiger partial charge >= 0.3 is 12.3 Å². The zero-order chi connectivity index (χ0) is 14.9. The molecule has 1 aromatic heterocycles. The summed E-state index contributed by atoms with van der Waals surface area (Å²) in [4.78, 5) is 0. The van der Waals surface area contributed by atoms with Crippen LogP contribution in [0.4, 0.5) is 23.2 Å².